The standard InChI is InChI=1S/C15H23N3OS/c1-11-5-4-6-12(2)18(11)17-15(20)16-13-7-9-14(19-3)10-8-13/h7-12H,4-6H2,1-3H3,(H2,16,17,20)/t11-,12+. The van der Waals surface area contributed by atoms with Crippen LogP contribution >= 0.6 is 12.2 Å². The minimum atomic E-state index is 0.509. The van der Waals surface area contributed by atoms with E-state index in [1.54, 1.807) is 7.11 Å². The number of nitrogens with zero attached hydrogens (tertiary/aromatic N) is 1. The van der Waals surface area contributed by atoms with Crippen LogP contribution in [0.2, 0.25) is 0 Å². The minimum Gasteiger partial charge on any atom is -0.497 e. The van der Waals surface area contributed by atoms with E-state index in [0.717, 1.165) is 11.4 Å². The molecule has 4 nitrogen and oxygen atoms in total. The Kier molecular flexibility index (Phi) is 5.20. The maximum absolute atomic E-state index is 5.39. The zero-order valence-electron chi connectivity index (χ0n) is 12.3. The van der Waals surface area contributed by atoms with Gasteiger partial charge in [-0.25, -0.2) is 5.01 Å². The topological polar surface area (TPSA) is 36.5 Å². The highest BCUT2D eigenvalue weighted by atomic mass is 32.1. The number of rotatable bonds is 3. The van der Waals surface area contributed by atoms with Crippen molar-refractivity contribution in [3.05, 3.63) is 24.3 Å². The van der Waals surface area contributed by atoms with Gasteiger partial charge in [0.1, 0.15) is 5.75 Å². The van der Waals surface area contributed by atoms with Gasteiger partial charge < -0.3 is 10.1 Å². The first-order valence-electron chi connectivity index (χ1n) is 7.10. The van der Waals surface area contributed by atoms with Gasteiger partial charge in [-0.2, -0.15) is 0 Å². The van der Waals surface area contributed by atoms with E-state index in [9.17, 15) is 0 Å². The molecule has 1 aromatic rings. The third-order valence-corrected chi connectivity index (χ3v) is 3.97. The van der Waals surface area contributed by atoms with E-state index in [0.29, 0.717) is 17.2 Å². The van der Waals surface area contributed by atoms with E-state index in [2.05, 4.69) is 29.6 Å². The van der Waals surface area contributed by atoms with Crippen molar-refractivity contribution < 1.29 is 4.74 Å². The predicted molar refractivity (Wildman–Crippen MR) is 87.0 cm³/mol. The van der Waals surface area contributed by atoms with Crippen molar-refractivity contribution in [3.63, 3.8) is 0 Å². The third-order valence-electron chi connectivity index (χ3n) is 3.77. The zero-order valence-corrected chi connectivity index (χ0v) is 13.2. The van der Waals surface area contributed by atoms with Crippen molar-refractivity contribution in [1.82, 2.24) is 10.4 Å². The van der Waals surface area contributed by atoms with Crippen LogP contribution in [-0.4, -0.2) is 29.3 Å². The molecule has 0 radical (unpaired) electrons. The summed E-state index contributed by atoms with van der Waals surface area (Å²) in [6.07, 6.45) is 3.71. The van der Waals surface area contributed by atoms with Crippen LogP contribution in [0.15, 0.2) is 24.3 Å². The first-order chi connectivity index (χ1) is 9.60. The molecule has 1 aliphatic heterocycles. The number of hydrogen-bond donors (Lipinski definition) is 2. The molecule has 0 bridgehead atoms. The van der Waals surface area contributed by atoms with Crippen LogP contribution < -0.4 is 15.5 Å². The Balaban J connectivity index is 1.90. The van der Waals surface area contributed by atoms with Gasteiger partial charge in [0.05, 0.1) is 7.11 Å². The minimum absolute atomic E-state index is 0.509. The van der Waals surface area contributed by atoms with Crippen molar-refractivity contribution in [2.45, 2.75) is 45.2 Å². The van der Waals surface area contributed by atoms with E-state index >= 15 is 0 Å². The van der Waals surface area contributed by atoms with Gasteiger partial charge in [-0.15, -0.1) is 0 Å². The average molecular weight is 293 g/mol. The lowest BCUT2D eigenvalue weighted by atomic mass is 10.00. The fourth-order valence-corrected chi connectivity index (χ4v) is 2.82. The summed E-state index contributed by atoms with van der Waals surface area (Å²) in [6, 6.07) is 8.75. The van der Waals surface area contributed by atoms with Gasteiger partial charge in [0.15, 0.2) is 5.11 Å². The summed E-state index contributed by atoms with van der Waals surface area (Å²) in [5.74, 6) is 0.840. The number of thiocarbonyl (C=S) groups is 1. The molecule has 1 heterocycles. The first kappa shape index (κ1) is 15.1. The van der Waals surface area contributed by atoms with Crippen molar-refractivity contribution in [2.75, 3.05) is 12.4 Å². The maximum atomic E-state index is 5.39. The number of hydrogen-bond acceptors (Lipinski definition) is 3. The lowest BCUT2D eigenvalue weighted by Gasteiger charge is -2.39. The van der Waals surface area contributed by atoms with Crippen molar-refractivity contribution >= 4 is 23.0 Å². The van der Waals surface area contributed by atoms with E-state index in [4.69, 9.17) is 17.0 Å². The Morgan fingerprint density at radius 2 is 1.80 bits per heavy atom. The number of ether oxygens (including phenoxy) is 1. The monoisotopic (exact) mass is 293 g/mol. The first-order valence-corrected chi connectivity index (χ1v) is 7.51. The smallest absolute Gasteiger partial charge is 0.185 e. The molecule has 0 aromatic heterocycles. The molecule has 0 saturated carbocycles. The Hall–Kier alpha value is -1.33. The molecule has 20 heavy (non-hydrogen) atoms. The number of methoxy groups -OCH3 is 1. The molecular formula is C15H23N3OS. The summed E-state index contributed by atoms with van der Waals surface area (Å²) >= 11 is 5.39. The molecule has 2 N–H and O–H groups in total. The molecule has 110 valence electrons. The summed E-state index contributed by atoms with van der Waals surface area (Å²) < 4.78 is 5.14. The molecule has 1 aromatic carbocycles. The second-order valence-corrected chi connectivity index (χ2v) is 5.74. The molecule has 5 heteroatoms. The molecule has 0 unspecified atom stereocenters. The second kappa shape index (κ2) is 6.90. The van der Waals surface area contributed by atoms with Crippen molar-refractivity contribution in [3.8, 4) is 5.75 Å². The highest BCUT2D eigenvalue weighted by molar-refractivity contribution is 7.80. The van der Waals surface area contributed by atoms with Crippen LogP contribution in [0.5, 0.6) is 5.75 Å². The second-order valence-electron chi connectivity index (χ2n) is 5.33. The molecule has 2 atom stereocenters. The fraction of sp³-hybridized carbons (Fsp3) is 0.533. The molecule has 0 spiro atoms. The Labute approximate surface area is 126 Å². The highest BCUT2D eigenvalue weighted by Crippen LogP contribution is 2.20. The summed E-state index contributed by atoms with van der Waals surface area (Å²) in [5.41, 5.74) is 4.28. The van der Waals surface area contributed by atoms with Gasteiger partial charge in [0, 0.05) is 17.8 Å². The largest absolute Gasteiger partial charge is 0.497 e. The summed E-state index contributed by atoms with van der Waals surface area (Å²) in [4.78, 5) is 0. The van der Waals surface area contributed by atoms with Gasteiger partial charge >= 0.3 is 0 Å². The lowest BCUT2D eigenvalue weighted by molar-refractivity contribution is 0.0750. The van der Waals surface area contributed by atoms with Crippen LogP contribution in [0.1, 0.15) is 33.1 Å². The van der Waals surface area contributed by atoms with E-state index in [-0.39, 0.29) is 0 Å². The van der Waals surface area contributed by atoms with Gasteiger partial charge in [0.25, 0.3) is 0 Å². The number of nitrogens with one attached hydrogen (secondary N) is 2. The predicted octanol–water partition coefficient (Wildman–Crippen LogP) is 3.16. The number of hydrazine groups is 1. The molecule has 2 rings (SSSR count). The number of piperidine rings is 1. The SMILES string of the molecule is COc1ccc(NC(=S)NN2[C@H](C)CCC[C@@H]2C)cc1. The fourth-order valence-electron chi connectivity index (χ4n) is 2.59. The van der Waals surface area contributed by atoms with E-state index in [1.165, 1.54) is 19.3 Å². The Bertz CT molecular complexity index is 439. The molecule has 0 amide bonds. The van der Waals surface area contributed by atoms with Crippen molar-refractivity contribution in [2.24, 2.45) is 0 Å². The van der Waals surface area contributed by atoms with Crippen LogP contribution in [0.3, 0.4) is 0 Å². The maximum Gasteiger partial charge on any atom is 0.185 e. The third kappa shape index (κ3) is 3.84. The molecular weight excluding hydrogens is 270 g/mol. The van der Waals surface area contributed by atoms with Gasteiger partial charge in [0.2, 0.25) is 0 Å². The van der Waals surface area contributed by atoms with Gasteiger partial charge in [-0.05, 0) is 63.2 Å². The van der Waals surface area contributed by atoms with Crippen LogP contribution in [0, 0.1) is 0 Å². The summed E-state index contributed by atoms with van der Waals surface area (Å²) in [6.45, 7) is 4.47. The lowest BCUT2D eigenvalue weighted by Crippen LogP contribution is -2.55. The normalized spacial score (nSPS) is 23.1. The van der Waals surface area contributed by atoms with Crippen molar-refractivity contribution in [1.29, 1.82) is 0 Å². The number of benzene rings is 1. The van der Waals surface area contributed by atoms with E-state index in [1.807, 2.05) is 24.3 Å². The molecule has 1 aliphatic rings. The average Bonchev–Trinajstić information content (AvgIpc) is 2.44. The summed E-state index contributed by atoms with van der Waals surface area (Å²) in [5, 5.41) is 6.09. The van der Waals surface area contributed by atoms with Gasteiger partial charge in [-0.3, -0.25) is 5.43 Å². The molecule has 1 fully saturated rings. The van der Waals surface area contributed by atoms with Gasteiger partial charge in [-0.1, -0.05) is 6.42 Å². The van der Waals surface area contributed by atoms with Crippen LogP contribution in [-0.2, 0) is 0 Å². The zero-order chi connectivity index (χ0) is 14.5. The molecule has 1 saturated heterocycles. The number of anilines is 1. The van der Waals surface area contributed by atoms with Crippen LogP contribution in [0.25, 0.3) is 0 Å². The quantitative estimate of drug-likeness (QED) is 0.837. The summed E-state index contributed by atoms with van der Waals surface area (Å²) in [7, 11) is 1.66. The molecule has 0 aliphatic carbocycles. The van der Waals surface area contributed by atoms with E-state index < -0.39 is 0 Å². The Morgan fingerprint density at radius 1 is 1.20 bits per heavy atom. The Morgan fingerprint density at radius 3 is 2.35 bits per heavy atom. The van der Waals surface area contributed by atoms with Crippen LogP contribution in [0.4, 0.5) is 5.69 Å². The highest BCUT2D eigenvalue weighted by Gasteiger charge is 2.25.